The molecule has 1 heterocycles. The van der Waals surface area contributed by atoms with Gasteiger partial charge in [-0.05, 0) is 36.4 Å². The highest BCUT2D eigenvalue weighted by Gasteiger charge is 2.34. The molecule has 0 radical (unpaired) electrons. The average Bonchev–Trinajstić information content (AvgIpc) is 2.79. The number of amides is 1. The molecule has 1 atom stereocenters. The summed E-state index contributed by atoms with van der Waals surface area (Å²) in [6.45, 7) is 0. The second kappa shape index (κ2) is 4.51. The van der Waals surface area contributed by atoms with Crippen molar-refractivity contribution in [3.05, 3.63) is 48.5 Å². The van der Waals surface area contributed by atoms with Gasteiger partial charge in [0.05, 0.1) is 5.69 Å². The number of phenols is 1. The Bertz CT molecular complexity index is 628. The van der Waals surface area contributed by atoms with Crippen molar-refractivity contribution >= 4 is 29.0 Å². The molecule has 0 aromatic heterocycles. The quantitative estimate of drug-likeness (QED) is 0.881. The van der Waals surface area contributed by atoms with Gasteiger partial charge in [-0.2, -0.15) is 0 Å². The maximum Gasteiger partial charge on any atom is 0.251 e. The van der Waals surface area contributed by atoms with E-state index in [9.17, 15) is 9.90 Å². The number of para-hydroxylation sites is 1. The molecule has 96 valence electrons. The summed E-state index contributed by atoms with van der Waals surface area (Å²) in [6, 6.07) is 14.5. The molecule has 3 rings (SSSR count). The number of benzene rings is 2. The molecule has 0 spiro atoms. The normalized spacial score (nSPS) is 17.3. The summed E-state index contributed by atoms with van der Waals surface area (Å²) < 4.78 is 0. The van der Waals surface area contributed by atoms with Crippen LogP contribution in [0.4, 0.5) is 11.4 Å². The zero-order valence-corrected chi connectivity index (χ0v) is 10.8. The van der Waals surface area contributed by atoms with Crippen LogP contribution in [0.5, 0.6) is 5.75 Å². The monoisotopic (exact) mass is 272 g/mol. The van der Waals surface area contributed by atoms with Gasteiger partial charge >= 0.3 is 0 Å². The number of phenolic OH excluding ortho intramolecular Hbond substituents is 1. The number of carbonyl (C=O) groups is 1. The van der Waals surface area contributed by atoms with Crippen LogP contribution >= 0.6 is 11.8 Å². The topological polar surface area (TPSA) is 66.6 Å². The molecule has 0 saturated carbocycles. The van der Waals surface area contributed by atoms with E-state index >= 15 is 0 Å². The van der Waals surface area contributed by atoms with E-state index in [1.807, 2.05) is 29.2 Å². The Hall–Kier alpha value is -2.14. The third kappa shape index (κ3) is 2.02. The van der Waals surface area contributed by atoms with Gasteiger partial charge in [0.25, 0.3) is 5.91 Å². The van der Waals surface area contributed by atoms with Crippen LogP contribution in [0, 0.1) is 0 Å². The third-order valence-electron chi connectivity index (χ3n) is 2.97. The number of nitrogens with zero attached hydrogens (tertiary/aromatic N) is 1. The van der Waals surface area contributed by atoms with Crippen LogP contribution in [-0.2, 0) is 4.79 Å². The summed E-state index contributed by atoms with van der Waals surface area (Å²) in [7, 11) is 0. The number of primary amides is 1. The smallest absolute Gasteiger partial charge is 0.251 e. The Morgan fingerprint density at radius 3 is 2.53 bits per heavy atom. The van der Waals surface area contributed by atoms with E-state index in [1.165, 1.54) is 11.8 Å². The highest BCUT2D eigenvalue weighted by atomic mass is 32.2. The van der Waals surface area contributed by atoms with Crippen molar-refractivity contribution in [3.63, 3.8) is 0 Å². The third-order valence-corrected chi connectivity index (χ3v) is 4.23. The minimum Gasteiger partial charge on any atom is -0.508 e. The van der Waals surface area contributed by atoms with Crippen LogP contribution in [-0.4, -0.2) is 16.4 Å². The zero-order valence-electron chi connectivity index (χ0n) is 9.98. The predicted molar refractivity (Wildman–Crippen MR) is 75.5 cm³/mol. The molecule has 1 amide bonds. The number of fused-ring (bicyclic) bond motifs is 1. The van der Waals surface area contributed by atoms with Crippen LogP contribution in [0.1, 0.15) is 0 Å². The Morgan fingerprint density at radius 1 is 1.16 bits per heavy atom. The summed E-state index contributed by atoms with van der Waals surface area (Å²) in [4.78, 5) is 14.5. The molecule has 0 fully saturated rings. The molecular weight excluding hydrogens is 260 g/mol. The number of carbonyl (C=O) groups excluding carboxylic acids is 1. The van der Waals surface area contributed by atoms with Gasteiger partial charge in [-0.1, -0.05) is 23.9 Å². The van der Waals surface area contributed by atoms with Crippen LogP contribution in [0.3, 0.4) is 0 Å². The van der Waals surface area contributed by atoms with E-state index < -0.39 is 5.37 Å². The van der Waals surface area contributed by atoms with Crippen molar-refractivity contribution in [2.45, 2.75) is 10.3 Å². The predicted octanol–water partition coefficient (Wildman–Crippen LogP) is 2.45. The van der Waals surface area contributed by atoms with Crippen LogP contribution in [0.25, 0.3) is 0 Å². The molecule has 0 aliphatic carbocycles. The van der Waals surface area contributed by atoms with Crippen molar-refractivity contribution in [2.75, 3.05) is 4.90 Å². The summed E-state index contributed by atoms with van der Waals surface area (Å²) >= 11 is 1.44. The molecule has 1 aliphatic heterocycles. The Balaban J connectivity index is 2.09. The van der Waals surface area contributed by atoms with E-state index in [0.29, 0.717) is 0 Å². The second-order valence-corrected chi connectivity index (χ2v) is 5.35. The molecule has 1 aliphatic rings. The van der Waals surface area contributed by atoms with Gasteiger partial charge in [0.15, 0.2) is 5.37 Å². The first-order valence-corrected chi connectivity index (χ1v) is 6.68. The number of hydrogen-bond donors (Lipinski definition) is 2. The largest absolute Gasteiger partial charge is 0.508 e. The summed E-state index contributed by atoms with van der Waals surface area (Å²) in [5, 5.41) is 8.90. The van der Waals surface area contributed by atoms with Crippen LogP contribution in [0.15, 0.2) is 53.4 Å². The average molecular weight is 272 g/mol. The standard InChI is InChI=1S/C14H12N2O2S/c15-13(18)14-16(9-5-7-10(17)8-6-9)11-3-1-2-4-12(11)19-14/h1-8,14,17H,(H2,15,18). The summed E-state index contributed by atoms with van der Waals surface area (Å²) in [5.41, 5.74) is 7.28. The molecule has 5 heteroatoms. The molecule has 3 N–H and O–H groups in total. The molecule has 19 heavy (non-hydrogen) atoms. The molecule has 2 aromatic carbocycles. The first-order chi connectivity index (χ1) is 9.16. The van der Waals surface area contributed by atoms with Gasteiger partial charge in [-0.15, -0.1) is 0 Å². The van der Waals surface area contributed by atoms with Gasteiger partial charge in [0.2, 0.25) is 0 Å². The fourth-order valence-electron chi connectivity index (χ4n) is 2.13. The van der Waals surface area contributed by atoms with E-state index in [0.717, 1.165) is 16.3 Å². The number of aromatic hydroxyl groups is 1. The molecule has 0 bridgehead atoms. The lowest BCUT2D eigenvalue weighted by atomic mass is 10.2. The first-order valence-electron chi connectivity index (χ1n) is 5.80. The highest BCUT2D eigenvalue weighted by Crippen LogP contribution is 2.47. The van der Waals surface area contributed by atoms with Crippen LogP contribution < -0.4 is 10.6 Å². The number of rotatable bonds is 2. The lowest BCUT2D eigenvalue weighted by Crippen LogP contribution is -2.36. The maximum absolute atomic E-state index is 11.6. The van der Waals surface area contributed by atoms with Gasteiger partial charge in [0.1, 0.15) is 5.75 Å². The Labute approximate surface area is 114 Å². The molecule has 0 saturated heterocycles. The van der Waals surface area contributed by atoms with E-state index in [4.69, 9.17) is 5.73 Å². The fraction of sp³-hybridized carbons (Fsp3) is 0.0714. The lowest BCUT2D eigenvalue weighted by molar-refractivity contribution is -0.117. The van der Waals surface area contributed by atoms with Gasteiger partial charge in [-0.25, -0.2) is 0 Å². The number of hydrogen-bond acceptors (Lipinski definition) is 4. The van der Waals surface area contributed by atoms with Crippen molar-refractivity contribution in [3.8, 4) is 5.75 Å². The van der Waals surface area contributed by atoms with Gasteiger partial charge in [0, 0.05) is 10.6 Å². The molecular formula is C14H12N2O2S. The van der Waals surface area contributed by atoms with Crippen molar-refractivity contribution in [2.24, 2.45) is 5.73 Å². The summed E-state index contributed by atoms with van der Waals surface area (Å²) in [5.74, 6) is -0.186. The van der Waals surface area contributed by atoms with Crippen molar-refractivity contribution in [1.82, 2.24) is 0 Å². The molecule has 2 aromatic rings. The Kier molecular flexibility index (Phi) is 2.83. The van der Waals surface area contributed by atoms with Crippen molar-refractivity contribution in [1.29, 1.82) is 0 Å². The molecule has 1 unspecified atom stereocenters. The van der Waals surface area contributed by atoms with E-state index in [1.54, 1.807) is 24.3 Å². The minimum atomic E-state index is -0.457. The minimum absolute atomic E-state index is 0.194. The van der Waals surface area contributed by atoms with Crippen molar-refractivity contribution < 1.29 is 9.90 Å². The lowest BCUT2D eigenvalue weighted by Gasteiger charge is -2.24. The highest BCUT2D eigenvalue weighted by molar-refractivity contribution is 8.01. The second-order valence-electron chi connectivity index (χ2n) is 4.23. The van der Waals surface area contributed by atoms with Gasteiger partial charge in [-0.3, -0.25) is 4.79 Å². The van der Waals surface area contributed by atoms with Gasteiger partial charge < -0.3 is 15.7 Å². The number of anilines is 2. The van der Waals surface area contributed by atoms with E-state index in [2.05, 4.69) is 0 Å². The number of nitrogens with two attached hydrogens (primary N) is 1. The zero-order chi connectivity index (χ0) is 13.4. The fourth-order valence-corrected chi connectivity index (χ4v) is 3.27. The van der Waals surface area contributed by atoms with E-state index in [-0.39, 0.29) is 11.7 Å². The maximum atomic E-state index is 11.6. The summed E-state index contributed by atoms with van der Waals surface area (Å²) in [6.07, 6.45) is 0. The first kappa shape index (κ1) is 11.9. The SMILES string of the molecule is NC(=O)C1Sc2ccccc2N1c1ccc(O)cc1. The van der Waals surface area contributed by atoms with Crippen LogP contribution in [0.2, 0.25) is 0 Å². The molecule has 4 nitrogen and oxygen atoms in total. The number of thioether (sulfide) groups is 1. The Morgan fingerprint density at radius 2 is 1.84 bits per heavy atom.